The van der Waals surface area contributed by atoms with E-state index in [-0.39, 0.29) is 10.6 Å². The molecule has 0 saturated heterocycles. The first kappa shape index (κ1) is 21.0. The Kier molecular flexibility index (Phi) is 18.0. The van der Waals surface area contributed by atoms with Crippen LogP contribution in [-0.2, 0) is 0 Å². The molecule has 100 valence electrons. The zero-order valence-corrected chi connectivity index (χ0v) is 12.5. The Labute approximate surface area is 106 Å². The van der Waals surface area contributed by atoms with E-state index >= 15 is 0 Å². The highest BCUT2D eigenvalue weighted by molar-refractivity contribution is 5.37. The Balaban J connectivity index is -0.000000285. The summed E-state index contributed by atoms with van der Waals surface area (Å²) < 4.78 is 0. The van der Waals surface area contributed by atoms with Crippen molar-refractivity contribution < 1.29 is 4.92 Å². The van der Waals surface area contributed by atoms with Gasteiger partial charge in [0.1, 0.15) is 0 Å². The summed E-state index contributed by atoms with van der Waals surface area (Å²) in [5.41, 5.74) is 2.02. The van der Waals surface area contributed by atoms with Gasteiger partial charge in [-0.1, -0.05) is 47.6 Å². The molecule has 0 aliphatic rings. The quantitative estimate of drug-likeness (QED) is 0.495. The smallest absolute Gasteiger partial charge is 0.258 e. The van der Waals surface area contributed by atoms with Crippen LogP contribution in [0.4, 0.5) is 5.69 Å². The lowest BCUT2D eigenvalue weighted by atomic mass is 10.1. The van der Waals surface area contributed by atoms with E-state index in [1.807, 2.05) is 61.5 Å². The highest BCUT2D eigenvalue weighted by atomic mass is 16.6. The molecule has 1 aromatic rings. The fourth-order valence-corrected chi connectivity index (χ4v) is 1.06. The van der Waals surface area contributed by atoms with Gasteiger partial charge in [-0.15, -0.1) is 0 Å². The molecule has 3 nitrogen and oxygen atoms in total. The van der Waals surface area contributed by atoms with Crippen molar-refractivity contribution in [3.05, 3.63) is 39.4 Å². The average Bonchev–Trinajstić information content (AvgIpc) is 2.35. The Morgan fingerprint density at radius 2 is 1.12 bits per heavy atom. The van der Waals surface area contributed by atoms with Crippen LogP contribution in [0.1, 0.15) is 52.7 Å². The number of hydrogen-bond donors (Lipinski definition) is 0. The van der Waals surface area contributed by atoms with Crippen LogP contribution in [0.5, 0.6) is 0 Å². The van der Waals surface area contributed by atoms with Crippen LogP contribution in [0.15, 0.2) is 18.2 Å². The van der Waals surface area contributed by atoms with Gasteiger partial charge in [0.05, 0.1) is 4.92 Å². The van der Waals surface area contributed by atoms with Gasteiger partial charge in [-0.3, -0.25) is 10.1 Å². The van der Waals surface area contributed by atoms with Crippen LogP contribution in [0.25, 0.3) is 0 Å². The Morgan fingerprint density at radius 3 is 1.35 bits per heavy atom. The van der Waals surface area contributed by atoms with Crippen LogP contribution >= 0.6 is 0 Å². The largest absolute Gasteiger partial charge is 0.269 e. The van der Waals surface area contributed by atoms with Gasteiger partial charge < -0.3 is 0 Å². The molecule has 0 aliphatic carbocycles. The van der Waals surface area contributed by atoms with Crippen LogP contribution in [0, 0.1) is 24.0 Å². The second kappa shape index (κ2) is 14.6. The van der Waals surface area contributed by atoms with Crippen LogP contribution in [-0.4, -0.2) is 4.92 Å². The third-order valence-electron chi connectivity index (χ3n) is 1.42. The van der Waals surface area contributed by atoms with Crippen LogP contribution in [0.2, 0.25) is 0 Å². The molecule has 0 saturated carbocycles. The van der Waals surface area contributed by atoms with Crippen molar-refractivity contribution in [2.45, 2.75) is 55.4 Å². The lowest BCUT2D eigenvalue weighted by Gasteiger charge is -1.95. The monoisotopic (exact) mass is 241 g/mol. The summed E-state index contributed by atoms with van der Waals surface area (Å²) in [5, 5.41) is 10.3. The number of nitro benzene ring substituents is 1. The summed E-state index contributed by atoms with van der Waals surface area (Å²) >= 11 is 0. The molecule has 0 amide bonds. The van der Waals surface area contributed by atoms with Crippen molar-refractivity contribution in [2.75, 3.05) is 0 Å². The van der Waals surface area contributed by atoms with E-state index in [1.54, 1.807) is 12.1 Å². The van der Waals surface area contributed by atoms with Gasteiger partial charge in [-0.25, -0.2) is 0 Å². The molecule has 0 atom stereocenters. The van der Waals surface area contributed by atoms with E-state index in [1.165, 1.54) is 0 Å². The Morgan fingerprint density at radius 1 is 0.824 bits per heavy atom. The number of nitro groups is 1. The first-order valence-corrected chi connectivity index (χ1v) is 6.32. The molecule has 0 unspecified atom stereocenters. The van der Waals surface area contributed by atoms with E-state index in [9.17, 15) is 10.1 Å². The van der Waals surface area contributed by atoms with Crippen molar-refractivity contribution in [1.29, 1.82) is 0 Å². The summed E-state index contributed by atoms with van der Waals surface area (Å²) in [6.45, 7) is 15.7. The topological polar surface area (TPSA) is 43.1 Å². The third-order valence-corrected chi connectivity index (χ3v) is 1.42. The fraction of sp³-hybridized carbons (Fsp3) is 0.571. The first-order chi connectivity index (χ1) is 8.09. The number of rotatable bonds is 1. The van der Waals surface area contributed by atoms with Gasteiger partial charge in [-0.2, -0.15) is 0 Å². The lowest BCUT2D eigenvalue weighted by molar-refractivity contribution is -0.384. The predicted octanol–water partition coefficient (Wildman–Crippen LogP) is 5.29. The summed E-state index contributed by atoms with van der Waals surface area (Å²) in [7, 11) is 0. The van der Waals surface area contributed by atoms with Crippen LogP contribution in [0.3, 0.4) is 0 Å². The lowest BCUT2D eigenvalue weighted by Crippen LogP contribution is -1.89. The molecule has 0 radical (unpaired) electrons. The molecule has 1 aromatic carbocycles. The van der Waals surface area contributed by atoms with Crippen molar-refractivity contribution in [3.63, 3.8) is 0 Å². The maximum Gasteiger partial charge on any atom is 0.269 e. The summed E-state index contributed by atoms with van der Waals surface area (Å²) in [6.07, 6.45) is 0. The molecule has 3 heteroatoms. The molecule has 0 N–H and O–H groups in total. The first-order valence-electron chi connectivity index (χ1n) is 6.32. The summed E-state index contributed by atoms with van der Waals surface area (Å²) in [5.74, 6) is 0. The highest BCUT2D eigenvalue weighted by Crippen LogP contribution is 2.15. The number of nitrogens with zero attached hydrogens (tertiary/aromatic N) is 1. The fourth-order valence-electron chi connectivity index (χ4n) is 1.06. The zero-order chi connectivity index (χ0) is 14.4. The minimum absolute atomic E-state index is 0.169. The maximum absolute atomic E-state index is 10.3. The van der Waals surface area contributed by atoms with E-state index < -0.39 is 0 Å². The zero-order valence-electron chi connectivity index (χ0n) is 12.5. The van der Waals surface area contributed by atoms with Gasteiger partial charge in [0, 0.05) is 12.1 Å². The molecule has 0 fully saturated rings. The van der Waals surface area contributed by atoms with E-state index in [2.05, 4.69) is 0 Å². The standard InChI is InChI=1S/C8H9NO2.3C2H6/c1-6-3-7(2)5-8(4-6)9(10)11;3*1-2/h3-5H,1-2H3;3*1-2H3. The summed E-state index contributed by atoms with van der Waals surface area (Å²) in [6, 6.07) is 5.03. The SMILES string of the molecule is CC.CC.CC.Cc1cc(C)cc([N+](=O)[O-])c1. The van der Waals surface area contributed by atoms with Gasteiger partial charge >= 0.3 is 0 Å². The number of hydrogen-bond acceptors (Lipinski definition) is 2. The molecule has 0 bridgehead atoms. The summed E-state index contributed by atoms with van der Waals surface area (Å²) in [4.78, 5) is 9.94. The molecule has 0 aromatic heterocycles. The molecule has 0 aliphatic heterocycles. The van der Waals surface area contributed by atoms with E-state index in [4.69, 9.17) is 0 Å². The number of non-ortho nitro benzene ring substituents is 1. The van der Waals surface area contributed by atoms with E-state index in [0.717, 1.165) is 11.1 Å². The van der Waals surface area contributed by atoms with Gasteiger partial charge in [-0.05, 0) is 25.0 Å². The van der Waals surface area contributed by atoms with Gasteiger partial charge in [0.2, 0.25) is 0 Å². The van der Waals surface area contributed by atoms with E-state index in [0.29, 0.717) is 0 Å². The minimum Gasteiger partial charge on any atom is -0.258 e. The molecule has 17 heavy (non-hydrogen) atoms. The maximum atomic E-state index is 10.3. The second-order valence-electron chi connectivity index (χ2n) is 2.60. The van der Waals surface area contributed by atoms with Crippen molar-refractivity contribution in [3.8, 4) is 0 Å². The molecular weight excluding hydrogens is 214 g/mol. The van der Waals surface area contributed by atoms with Gasteiger partial charge in [0.25, 0.3) is 5.69 Å². The average molecular weight is 241 g/mol. The Bertz CT molecular complexity index is 276. The normalized spacial score (nSPS) is 7.29. The minimum atomic E-state index is -0.375. The number of benzene rings is 1. The van der Waals surface area contributed by atoms with Crippen molar-refractivity contribution in [2.24, 2.45) is 0 Å². The number of aryl methyl sites for hydroxylation is 2. The molecule has 0 spiro atoms. The predicted molar refractivity (Wildman–Crippen MR) is 76.6 cm³/mol. The van der Waals surface area contributed by atoms with Crippen molar-refractivity contribution in [1.82, 2.24) is 0 Å². The Hall–Kier alpha value is -1.38. The van der Waals surface area contributed by atoms with Crippen molar-refractivity contribution >= 4 is 5.69 Å². The highest BCUT2D eigenvalue weighted by Gasteiger charge is 2.04. The molecule has 1 rings (SSSR count). The van der Waals surface area contributed by atoms with Gasteiger partial charge in [0.15, 0.2) is 0 Å². The second-order valence-corrected chi connectivity index (χ2v) is 2.60. The molecule has 0 heterocycles. The molecular formula is C14H27NO2. The third kappa shape index (κ3) is 10.9. The van der Waals surface area contributed by atoms with Crippen LogP contribution < -0.4 is 0 Å².